The van der Waals surface area contributed by atoms with Crippen molar-refractivity contribution in [1.29, 1.82) is 0 Å². The van der Waals surface area contributed by atoms with E-state index < -0.39 is 5.60 Å². The van der Waals surface area contributed by atoms with E-state index in [4.69, 9.17) is 0 Å². The molecule has 0 aromatic carbocycles. The van der Waals surface area contributed by atoms with Gasteiger partial charge in [0.25, 0.3) is 0 Å². The van der Waals surface area contributed by atoms with Crippen molar-refractivity contribution in [1.82, 2.24) is 0 Å². The van der Waals surface area contributed by atoms with E-state index in [1.165, 1.54) is 0 Å². The summed E-state index contributed by atoms with van der Waals surface area (Å²) in [7, 11) is 0. The number of hydrogen-bond donors (Lipinski definition) is 1. The van der Waals surface area contributed by atoms with Crippen LogP contribution in [0, 0.1) is 11.8 Å². The van der Waals surface area contributed by atoms with Crippen LogP contribution in [0.2, 0.25) is 0 Å². The Bertz CT molecular complexity index is 140. The second kappa shape index (κ2) is 4.66. The molecular formula is C11H22O. The van der Waals surface area contributed by atoms with E-state index in [1.807, 2.05) is 13.0 Å². The minimum Gasteiger partial charge on any atom is -0.389 e. The lowest BCUT2D eigenvalue weighted by Gasteiger charge is -2.36. The summed E-state index contributed by atoms with van der Waals surface area (Å²) < 4.78 is 0. The number of aliphatic hydroxyl groups is 1. The van der Waals surface area contributed by atoms with Gasteiger partial charge in [0, 0.05) is 0 Å². The Kier molecular flexibility index (Phi) is 4.54. The number of rotatable bonds is 5. The van der Waals surface area contributed by atoms with Crippen LogP contribution in [0.1, 0.15) is 40.5 Å². The van der Waals surface area contributed by atoms with Crippen LogP contribution in [0.15, 0.2) is 12.7 Å². The second-order valence-corrected chi connectivity index (χ2v) is 3.92. The molecule has 0 saturated heterocycles. The molecule has 0 aromatic heterocycles. The van der Waals surface area contributed by atoms with Gasteiger partial charge in [-0.1, -0.05) is 33.8 Å². The van der Waals surface area contributed by atoms with Gasteiger partial charge >= 0.3 is 0 Å². The highest BCUT2D eigenvalue weighted by atomic mass is 16.3. The molecule has 0 bridgehead atoms. The monoisotopic (exact) mass is 170 g/mol. The Morgan fingerprint density at radius 3 is 2.17 bits per heavy atom. The van der Waals surface area contributed by atoms with Crippen LogP contribution in [0.4, 0.5) is 0 Å². The summed E-state index contributed by atoms with van der Waals surface area (Å²) >= 11 is 0. The topological polar surface area (TPSA) is 20.2 Å². The molecule has 0 radical (unpaired) electrons. The first-order valence-electron chi connectivity index (χ1n) is 4.82. The highest BCUT2D eigenvalue weighted by Crippen LogP contribution is 2.31. The fraction of sp³-hybridized carbons (Fsp3) is 0.818. The zero-order valence-electron chi connectivity index (χ0n) is 8.80. The maximum Gasteiger partial charge on any atom is 0.0696 e. The predicted octanol–water partition coefficient (Wildman–Crippen LogP) is 3.00. The summed E-state index contributed by atoms with van der Waals surface area (Å²) in [5.74, 6) is 0.623. The van der Waals surface area contributed by atoms with Gasteiger partial charge < -0.3 is 5.11 Å². The van der Waals surface area contributed by atoms with E-state index in [9.17, 15) is 5.11 Å². The summed E-state index contributed by atoms with van der Waals surface area (Å²) in [6.07, 6.45) is 3.59. The van der Waals surface area contributed by atoms with Crippen LogP contribution in [0.5, 0.6) is 0 Å². The SMILES string of the molecule is C=CCC(C)C(O)(CC)C(C)C. The molecule has 0 spiro atoms. The lowest BCUT2D eigenvalue weighted by atomic mass is 9.76. The Hall–Kier alpha value is -0.300. The van der Waals surface area contributed by atoms with Gasteiger partial charge in [-0.15, -0.1) is 6.58 Å². The number of hydrogen-bond acceptors (Lipinski definition) is 1. The molecule has 0 saturated carbocycles. The molecule has 1 heteroatoms. The van der Waals surface area contributed by atoms with Crippen molar-refractivity contribution in [2.45, 2.75) is 46.1 Å². The van der Waals surface area contributed by atoms with Crippen molar-refractivity contribution in [2.24, 2.45) is 11.8 Å². The Morgan fingerprint density at radius 1 is 1.42 bits per heavy atom. The van der Waals surface area contributed by atoms with Crippen LogP contribution < -0.4 is 0 Å². The smallest absolute Gasteiger partial charge is 0.0696 e. The van der Waals surface area contributed by atoms with E-state index in [0.29, 0.717) is 11.8 Å². The van der Waals surface area contributed by atoms with Crippen LogP contribution in [-0.2, 0) is 0 Å². The fourth-order valence-corrected chi connectivity index (χ4v) is 1.78. The molecule has 0 aromatic rings. The first-order valence-corrected chi connectivity index (χ1v) is 4.82. The minimum atomic E-state index is -0.520. The quantitative estimate of drug-likeness (QED) is 0.629. The van der Waals surface area contributed by atoms with E-state index in [2.05, 4.69) is 27.4 Å². The molecule has 1 N–H and O–H groups in total. The van der Waals surface area contributed by atoms with Gasteiger partial charge in [0.2, 0.25) is 0 Å². The molecule has 0 fully saturated rings. The molecule has 12 heavy (non-hydrogen) atoms. The zero-order valence-corrected chi connectivity index (χ0v) is 8.80. The highest BCUT2D eigenvalue weighted by Gasteiger charge is 2.34. The van der Waals surface area contributed by atoms with Crippen LogP contribution in [-0.4, -0.2) is 10.7 Å². The van der Waals surface area contributed by atoms with E-state index in [1.54, 1.807) is 0 Å². The third kappa shape index (κ3) is 2.34. The van der Waals surface area contributed by atoms with Gasteiger partial charge in [0.15, 0.2) is 0 Å². The first kappa shape index (κ1) is 11.7. The second-order valence-electron chi connectivity index (χ2n) is 3.92. The van der Waals surface area contributed by atoms with Crippen LogP contribution in [0.3, 0.4) is 0 Å². The molecule has 2 unspecified atom stereocenters. The maximum absolute atomic E-state index is 10.2. The summed E-state index contributed by atoms with van der Waals surface area (Å²) in [5.41, 5.74) is -0.520. The van der Waals surface area contributed by atoms with E-state index >= 15 is 0 Å². The van der Waals surface area contributed by atoms with Crippen molar-refractivity contribution in [3.63, 3.8) is 0 Å². The molecule has 2 atom stereocenters. The molecule has 0 aliphatic rings. The molecular weight excluding hydrogens is 148 g/mol. The van der Waals surface area contributed by atoms with Gasteiger partial charge in [-0.25, -0.2) is 0 Å². The van der Waals surface area contributed by atoms with Gasteiger partial charge in [-0.3, -0.25) is 0 Å². The summed E-state index contributed by atoms with van der Waals surface area (Å²) in [6.45, 7) is 12.0. The highest BCUT2D eigenvalue weighted by molar-refractivity contribution is 4.89. The fourth-order valence-electron chi connectivity index (χ4n) is 1.78. The first-order chi connectivity index (χ1) is 5.49. The standard InChI is InChI=1S/C11H22O/c1-6-8-10(5)11(12,7-2)9(3)4/h6,9-10,12H,1,7-8H2,2-5H3. The van der Waals surface area contributed by atoms with Crippen LogP contribution >= 0.6 is 0 Å². The van der Waals surface area contributed by atoms with Gasteiger partial charge in [0.1, 0.15) is 0 Å². The lowest BCUT2D eigenvalue weighted by Crippen LogP contribution is -2.40. The Balaban J connectivity index is 4.38. The molecule has 0 rings (SSSR count). The van der Waals surface area contributed by atoms with Crippen molar-refractivity contribution < 1.29 is 5.11 Å². The van der Waals surface area contributed by atoms with Gasteiger partial charge in [0.05, 0.1) is 5.60 Å². The summed E-state index contributed by atoms with van der Waals surface area (Å²) in [6, 6.07) is 0. The van der Waals surface area contributed by atoms with Gasteiger partial charge in [-0.05, 0) is 24.7 Å². The third-order valence-electron chi connectivity index (χ3n) is 2.94. The van der Waals surface area contributed by atoms with Crippen molar-refractivity contribution in [3.8, 4) is 0 Å². The molecule has 1 nitrogen and oxygen atoms in total. The average molecular weight is 170 g/mol. The van der Waals surface area contributed by atoms with Crippen molar-refractivity contribution in [2.75, 3.05) is 0 Å². The third-order valence-corrected chi connectivity index (χ3v) is 2.94. The van der Waals surface area contributed by atoms with E-state index in [-0.39, 0.29) is 0 Å². The largest absolute Gasteiger partial charge is 0.389 e. The predicted molar refractivity (Wildman–Crippen MR) is 54.1 cm³/mol. The molecule has 0 aliphatic heterocycles. The Morgan fingerprint density at radius 2 is 1.92 bits per heavy atom. The minimum absolute atomic E-state index is 0.306. The Labute approximate surface area is 76.5 Å². The molecule has 0 heterocycles. The molecule has 0 amide bonds. The lowest BCUT2D eigenvalue weighted by molar-refractivity contribution is -0.0548. The average Bonchev–Trinajstić information content (AvgIpc) is 2.03. The summed E-state index contributed by atoms with van der Waals surface area (Å²) in [5, 5.41) is 10.2. The maximum atomic E-state index is 10.2. The zero-order chi connectivity index (χ0) is 9.78. The van der Waals surface area contributed by atoms with Crippen molar-refractivity contribution in [3.05, 3.63) is 12.7 Å². The van der Waals surface area contributed by atoms with Crippen LogP contribution in [0.25, 0.3) is 0 Å². The number of allylic oxidation sites excluding steroid dienone is 1. The summed E-state index contributed by atoms with van der Waals surface area (Å²) in [4.78, 5) is 0. The van der Waals surface area contributed by atoms with E-state index in [0.717, 1.165) is 12.8 Å². The molecule has 0 aliphatic carbocycles. The van der Waals surface area contributed by atoms with Gasteiger partial charge in [-0.2, -0.15) is 0 Å². The normalized spacial score (nSPS) is 18.8. The molecule has 72 valence electrons. The van der Waals surface area contributed by atoms with Crippen molar-refractivity contribution >= 4 is 0 Å².